The number of amides is 2. The molecule has 0 spiro atoms. The van der Waals surface area contributed by atoms with E-state index in [2.05, 4.69) is 4.98 Å². The zero-order valence-corrected chi connectivity index (χ0v) is 16.4. The van der Waals surface area contributed by atoms with E-state index >= 15 is 0 Å². The number of thiazole rings is 1. The van der Waals surface area contributed by atoms with E-state index in [0.717, 1.165) is 5.01 Å². The molecule has 0 atom stereocenters. The van der Waals surface area contributed by atoms with Crippen LogP contribution in [0, 0.1) is 5.82 Å². The molecule has 1 aliphatic rings. The predicted molar refractivity (Wildman–Crippen MR) is 105 cm³/mol. The fourth-order valence-electron chi connectivity index (χ4n) is 2.94. The second-order valence-electron chi connectivity index (χ2n) is 6.11. The van der Waals surface area contributed by atoms with Crippen molar-refractivity contribution >= 4 is 35.6 Å². The summed E-state index contributed by atoms with van der Waals surface area (Å²) in [5.41, 5.74) is 6.28. The highest BCUT2D eigenvalue weighted by Gasteiger charge is 2.24. The lowest BCUT2D eigenvalue weighted by Crippen LogP contribution is -2.37. The van der Waals surface area contributed by atoms with Crippen molar-refractivity contribution in [3.8, 4) is 0 Å². The molecule has 6 nitrogen and oxygen atoms in total. The second kappa shape index (κ2) is 9.77. The first-order chi connectivity index (χ1) is 12.6. The van der Waals surface area contributed by atoms with Crippen LogP contribution in [0.4, 0.5) is 4.39 Å². The number of aromatic nitrogens is 1. The Bertz CT molecular complexity index is 801. The standard InChI is InChI=1S/C18H21FN4O2S.ClH/c19-14-4-1-3-13(11-14)17(24)22-7-2-8-23(10-9-22)18(25)15-12-26-16(21-15)5-6-20;/h1,3-4,11-12H,2,5-10,20H2;1H. The first kappa shape index (κ1) is 21.3. The third kappa shape index (κ3) is 5.24. The van der Waals surface area contributed by atoms with Gasteiger partial charge in [-0.25, -0.2) is 9.37 Å². The summed E-state index contributed by atoms with van der Waals surface area (Å²) in [6.07, 6.45) is 1.33. The minimum atomic E-state index is -0.431. The maximum atomic E-state index is 13.3. The van der Waals surface area contributed by atoms with E-state index in [4.69, 9.17) is 5.73 Å². The maximum absolute atomic E-state index is 13.3. The zero-order valence-electron chi connectivity index (χ0n) is 14.8. The van der Waals surface area contributed by atoms with Gasteiger partial charge in [-0.2, -0.15) is 0 Å². The molecule has 1 aromatic heterocycles. The molecule has 0 saturated carbocycles. The lowest BCUT2D eigenvalue weighted by molar-refractivity contribution is 0.0716. The second-order valence-corrected chi connectivity index (χ2v) is 7.06. The summed E-state index contributed by atoms with van der Waals surface area (Å²) in [4.78, 5) is 32.9. The van der Waals surface area contributed by atoms with Gasteiger partial charge in [0.1, 0.15) is 11.5 Å². The summed E-state index contributed by atoms with van der Waals surface area (Å²) in [5, 5.41) is 2.61. The van der Waals surface area contributed by atoms with Gasteiger partial charge in [-0.1, -0.05) is 6.07 Å². The van der Waals surface area contributed by atoms with Crippen LogP contribution in [0.5, 0.6) is 0 Å². The highest BCUT2D eigenvalue weighted by Crippen LogP contribution is 2.15. The topological polar surface area (TPSA) is 79.5 Å². The summed E-state index contributed by atoms with van der Waals surface area (Å²) in [5.74, 6) is -0.762. The molecule has 0 aliphatic carbocycles. The van der Waals surface area contributed by atoms with Crippen molar-refractivity contribution in [2.24, 2.45) is 5.73 Å². The fraction of sp³-hybridized carbons (Fsp3) is 0.389. The molecule has 27 heavy (non-hydrogen) atoms. The van der Waals surface area contributed by atoms with Gasteiger partial charge in [0, 0.05) is 43.5 Å². The molecule has 0 unspecified atom stereocenters. The Morgan fingerprint density at radius 3 is 2.52 bits per heavy atom. The summed E-state index contributed by atoms with van der Waals surface area (Å²) < 4.78 is 13.3. The maximum Gasteiger partial charge on any atom is 0.273 e. The van der Waals surface area contributed by atoms with Gasteiger partial charge in [-0.15, -0.1) is 23.7 Å². The Balaban J connectivity index is 0.00000261. The molecule has 2 heterocycles. The number of halogens is 2. The van der Waals surface area contributed by atoms with Crippen LogP contribution >= 0.6 is 23.7 Å². The SMILES string of the molecule is Cl.NCCc1nc(C(=O)N2CCCN(C(=O)c3cccc(F)c3)CC2)cs1. The average molecular weight is 413 g/mol. The molecule has 2 amide bonds. The van der Waals surface area contributed by atoms with Gasteiger partial charge >= 0.3 is 0 Å². The van der Waals surface area contributed by atoms with Crippen LogP contribution in [0.3, 0.4) is 0 Å². The van der Waals surface area contributed by atoms with Crippen LogP contribution in [0.25, 0.3) is 0 Å². The lowest BCUT2D eigenvalue weighted by Gasteiger charge is -2.21. The normalized spacial score (nSPS) is 14.4. The van der Waals surface area contributed by atoms with Crippen LogP contribution in [0.2, 0.25) is 0 Å². The van der Waals surface area contributed by atoms with E-state index in [1.807, 2.05) is 0 Å². The van der Waals surface area contributed by atoms with Gasteiger partial charge < -0.3 is 15.5 Å². The van der Waals surface area contributed by atoms with E-state index in [9.17, 15) is 14.0 Å². The third-order valence-electron chi connectivity index (χ3n) is 4.27. The predicted octanol–water partition coefficient (Wildman–Crippen LogP) is 2.19. The van der Waals surface area contributed by atoms with Gasteiger partial charge in [0.15, 0.2) is 0 Å². The van der Waals surface area contributed by atoms with Crippen molar-refractivity contribution in [2.45, 2.75) is 12.8 Å². The minimum Gasteiger partial charge on any atom is -0.337 e. The Morgan fingerprint density at radius 2 is 1.85 bits per heavy atom. The van der Waals surface area contributed by atoms with Crippen molar-refractivity contribution in [1.82, 2.24) is 14.8 Å². The van der Waals surface area contributed by atoms with Gasteiger partial charge in [0.2, 0.25) is 0 Å². The Kier molecular flexibility index (Phi) is 7.70. The Hall–Kier alpha value is -2.03. The van der Waals surface area contributed by atoms with Crippen LogP contribution < -0.4 is 5.73 Å². The number of benzene rings is 1. The van der Waals surface area contributed by atoms with Crippen LogP contribution in [0.15, 0.2) is 29.6 Å². The summed E-state index contributed by atoms with van der Waals surface area (Å²) in [7, 11) is 0. The minimum absolute atomic E-state index is 0. The van der Waals surface area contributed by atoms with Gasteiger partial charge in [0.25, 0.3) is 11.8 Å². The van der Waals surface area contributed by atoms with E-state index in [0.29, 0.717) is 56.8 Å². The number of hydrogen-bond acceptors (Lipinski definition) is 5. The molecule has 3 rings (SSSR count). The number of nitrogens with two attached hydrogens (primary N) is 1. The van der Waals surface area contributed by atoms with Crippen LogP contribution in [-0.2, 0) is 6.42 Å². The van der Waals surface area contributed by atoms with Crippen molar-refractivity contribution in [2.75, 3.05) is 32.7 Å². The van der Waals surface area contributed by atoms with Crippen LogP contribution in [-0.4, -0.2) is 59.3 Å². The number of nitrogens with zero attached hydrogens (tertiary/aromatic N) is 3. The monoisotopic (exact) mass is 412 g/mol. The molecule has 9 heteroatoms. The number of rotatable bonds is 4. The molecular formula is C18H22ClFN4O2S. The highest BCUT2D eigenvalue weighted by molar-refractivity contribution is 7.09. The summed E-state index contributed by atoms with van der Waals surface area (Å²) >= 11 is 1.44. The fourth-order valence-corrected chi connectivity index (χ4v) is 3.73. The zero-order chi connectivity index (χ0) is 18.5. The first-order valence-electron chi connectivity index (χ1n) is 8.57. The Morgan fingerprint density at radius 1 is 1.15 bits per heavy atom. The van der Waals surface area contributed by atoms with E-state index in [1.165, 1.54) is 29.5 Å². The highest BCUT2D eigenvalue weighted by atomic mass is 35.5. The molecule has 1 saturated heterocycles. The molecule has 2 aromatic rings. The smallest absolute Gasteiger partial charge is 0.273 e. The first-order valence-corrected chi connectivity index (χ1v) is 9.45. The molecule has 1 aromatic carbocycles. The lowest BCUT2D eigenvalue weighted by atomic mass is 10.2. The average Bonchev–Trinajstić information content (AvgIpc) is 2.96. The third-order valence-corrected chi connectivity index (χ3v) is 5.18. The van der Waals surface area contributed by atoms with Crippen LogP contribution in [0.1, 0.15) is 32.3 Å². The number of hydrogen-bond donors (Lipinski definition) is 1. The van der Waals surface area contributed by atoms with Gasteiger partial charge in [-0.3, -0.25) is 9.59 Å². The molecule has 1 fully saturated rings. The molecule has 146 valence electrons. The summed E-state index contributed by atoms with van der Waals surface area (Å²) in [6.45, 7) is 2.46. The largest absolute Gasteiger partial charge is 0.337 e. The number of carbonyl (C=O) groups is 2. The van der Waals surface area contributed by atoms with Crippen molar-refractivity contribution in [1.29, 1.82) is 0 Å². The van der Waals surface area contributed by atoms with E-state index in [-0.39, 0.29) is 24.2 Å². The Labute approximate surface area is 167 Å². The van der Waals surface area contributed by atoms with Gasteiger partial charge in [0.05, 0.1) is 5.01 Å². The van der Waals surface area contributed by atoms with E-state index in [1.54, 1.807) is 21.2 Å². The van der Waals surface area contributed by atoms with E-state index < -0.39 is 5.82 Å². The van der Waals surface area contributed by atoms with Gasteiger partial charge in [-0.05, 0) is 31.2 Å². The van der Waals surface area contributed by atoms with Crippen molar-refractivity contribution in [3.05, 3.63) is 51.7 Å². The molecule has 1 aliphatic heterocycles. The van der Waals surface area contributed by atoms with Crippen molar-refractivity contribution in [3.63, 3.8) is 0 Å². The molecular weight excluding hydrogens is 391 g/mol. The molecule has 2 N–H and O–H groups in total. The quantitative estimate of drug-likeness (QED) is 0.834. The molecule has 0 bridgehead atoms. The van der Waals surface area contributed by atoms with Crippen molar-refractivity contribution < 1.29 is 14.0 Å². The summed E-state index contributed by atoms with van der Waals surface area (Å²) in [6, 6.07) is 5.68. The number of carbonyl (C=O) groups excluding carboxylic acids is 2. The molecule has 0 radical (unpaired) electrons.